The summed E-state index contributed by atoms with van der Waals surface area (Å²) in [5.74, 6) is -0.977. The predicted molar refractivity (Wildman–Crippen MR) is 74.8 cm³/mol. The number of fused-ring (bicyclic) bond motifs is 1. The minimum atomic E-state index is -0.893. The number of carbonyl (C=O) groups is 1. The maximum Gasteiger partial charge on any atom is 0.254 e. The first-order chi connectivity index (χ1) is 10.5. The highest BCUT2D eigenvalue weighted by molar-refractivity contribution is 5.94. The monoisotopic (exact) mass is 305 g/mol. The molecule has 1 heterocycles. The molecule has 1 aliphatic heterocycles. The molecule has 4 nitrogen and oxygen atoms in total. The molecule has 114 valence electrons. The number of ether oxygens (including phenoxy) is 2. The summed E-state index contributed by atoms with van der Waals surface area (Å²) in [6, 6.07) is 7.77. The van der Waals surface area contributed by atoms with Crippen molar-refractivity contribution in [2.24, 2.45) is 0 Å². The molecular weight excluding hydrogens is 292 g/mol. The maximum absolute atomic E-state index is 13.6. The van der Waals surface area contributed by atoms with Gasteiger partial charge in [-0.25, -0.2) is 8.78 Å². The van der Waals surface area contributed by atoms with E-state index in [1.54, 1.807) is 25.1 Å². The second kappa shape index (κ2) is 5.63. The van der Waals surface area contributed by atoms with E-state index in [1.165, 1.54) is 0 Å². The summed E-state index contributed by atoms with van der Waals surface area (Å²) in [5.41, 5.74) is 0.592. The molecule has 0 bridgehead atoms. The van der Waals surface area contributed by atoms with Crippen LogP contribution in [-0.4, -0.2) is 12.7 Å². The smallest absolute Gasteiger partial charge is 0.254 e. The Morgan fingerprint density at radius 1 is 1.14 bits per heavy atom. The van der Waals surface area contributed by atoms with Crippen molar-refractivity contribution in [1.29, 1.82) is 0 Å². The molecule has 6 heteroatoms. The van der Waals surface area contributed by atoms with Crippen molar-refractivity contribution in [3.63, 3.8) is 0 Å². The Labute approximate surface area is 125 Å². The number of amides is 1. The van der Waals surface area contributed by atoms with Crippen LogP contribution in [0, 0.1) is 11.6 Å². The first-order valence-corrected chi connectivity index (χ1v) is 6.70. The molecule has 22 heavy (non-hydrogen) atoms. The fourth-order valence-corrected chi connectivity index (χ4v) is 2.21. The molecule has 1 N–H and O–H groups in total. The average Bonchev–Trinajstić information content (AvgIpc) is 2.94. The van der Waals surface area contributed by atoms with Crippen LogP contribution in [0.25, 0.3) is 0 Å². The van der Waals surface area contributed by atoms with E-state index in [-0.39, 0.29) is 18.4 Å². The number of hydrogen-bond acceptors (Lipinski definition) is 3. The van der Waals surface area contributed by atoms with Crippen LogP contribution in [0.4, 0.5) is 8.78 Å². The van der Waals surface area contributed by atoms with Crippen molar-refractivity contribution >= 4 is 5.91 Å². The SMILES string of the molecule is CC(NC(=O)c1ccc(F)cc1F)c1ccc2c(c1)OCO2. The van der Waals surface area contributed by atoms with E-state index >= 15 is 0 Å². The zero-order valence-electron chi connectivity index (χ0n) is 11.7. The number of benzene rings is 2. The molecule has 3 rings (SSSR count). The van der Waals surface area contributed by atoms with E-state index in [0.717, 1.165) is 17.7 Å². The third-order valence-electron chi connectivity index (χ3n) is 3.42. The van der Waals surface area contributed by atoms with Crippen LogP contribution in [0.3, 0.4) is 0 Å². The highest BCUT2D eigenvalue weighted by Crippen LogP contribution is 2.34. The number of carbonyl (C=O) groups excluding carboxylic acids is 1. The molecule has 0 radical (unpaired) electrons. The van der Waals surface area contributed by atoms with Crippen LogP contribution in [-0.2, 0) is 0 Å². The molecule has 1 unspecified atom stereocenters. The Morgan fingerprint density at radius 3 is 2.68 bits per heavy atom. The van der Waals surface area contributed by atoms with Crippen LogP contribution < -0.4 is 14.8 Å². The normalized spacial score (nSPS) is 13.8. The molecule has 0 fully saturated rings. The zero-order valence-corrected chi connectivity index (χ0v) is 11.7. The van der Waals surface area contributed by atoms with Gasteiger partial charge in [0.25, 0.3) is 5.91 Å². The Balaban J connectivity index is 1.76. The standard InChI is InChI=1S/C16H13F2NO3/c1-9(10-2-5-14-15(6-10)22-8-21-14)19-16(20)12-4-3-11(17)7-13(12)18/h2-7,9H,8H2,1H3,(H,19,20). The summed E-state index contributed by atoms with van der Waals surface area (Å²) < 4.78 is 37.0. The molecule has 1 aliphatic rings. The summed E-state index contributed by atoms with van der Waals surface area (Å²) in [7, 11) is 0. The summed E-state index contributed by atoms with van der Waals surface area (Å²) >= 11 is 0. The predicted octanol–water partition coefficient (Wildman–Crippen LogP) is 3.18. The largest absolute Gasteiger partial charge is 0.454 e. The lowest BCUT2D eigenvalue weighted by Gasteiger charge is -2.15. The molecule has 2 aromatic carbocycles. The van der Waals surface area contributed by atoms with E-state index in [0.29, 0.717) is 17.6 Å². The van der Waals surface area contributed by atoms with Gasteiger partial charge in [-0.15, -0.1) is 0 Å². The summed E-state index contributed by atoms with van der Waals surface area (Å²) in [4.78, 5) is 12.1. The lowest BCUT2D eigenvalue weighted by atomic mass is 10.1. The molecule has 0 aliphatic carbocycles. The molecule has 0 saturated carbocycles. The highest BCUT2D eigenvalue weighted by Gasteiger charge is 2.19. The third-order valence-corrected chi connectivity index (χ3v) is 3.42. The molecule has 0 aromatic heterocycles. The van der Waals surface area contributed by atoms with Crippen molar-refractivity contribution in [1.82, 2.24) is 5.32 Å². The molecule has 0 saturated heterocycles. The van der Waals surface area contributed by atoms with Crippen molar-refractivity contribution in [2.75, 3.05) is 6.79 Å². The van der Waals surface area contributed by atoms with Gasteiger partial charge in [-0.3, -0.25) is 4.79 Å². The molecule has 0 spiro atoms. The van der Waals surface area contributed by atoms with E-state index < -0.39 is 17.5 Å². The minimum absolute atomic E-state index is 0.167. The average molecular weight is 305 g/mol. The van der Waals surface area contributed by atoms with Gasteiger partial charge in [0.2, 0.25) is 6.79 Å². The zero-order chi connectivity index (χ0) is 15.7. The van der Waals surface area contributed by atoms with Gasteiger partial charge in [0.05, 0.1) is 11.6 Å². The molecule has 2 aromatic rings. The van der Waals surface area contributed by atoms with Crippen molar-refractivity contribution in [2.45, 2.75) is 13.0 Å². The van der Waals surface area contributed by atoms with Crippen LogP contribution >= 0.6 is 0 Å². The Bertz CT molecular complexity index is 733. The minimum Gasteiger partial charge on any atom is -0.454 e. The second-order valence-corrected chi connectivity index (χ2v) is 4.93. The van der Waals surface area contributed by atoms with Crippen molar-refractivity contribution in [3.8, 4) is 11.5 Å². The summed E-state index contributed by atoms with van der Waals surface area (Å²) in [6.07, 6.45) is 0. The van der Waals surface area contributed by atoms with Crippen LogP contribution in [0.2, 0.25) is 0 Å². The fraction of sp³-hybridized carbons (Fsp3) is 0.188. The Morgan fingerprint density at radius 2 is 1.91 bits per heavy atom. The summed E-state index contributed by atoms with van der Waals surface area (Å²) in [6.45, 7) is 1.93. The van der Waals surface area contributed by atoms with E-state index in [2.05, 4.69) is 5.32 Å². The molecule has 1 amide bonds. The lowest BCUT2D eigenvalue weighted by Crippen LogP contribution is -2.27. The quantitative estimate of drug-likeness (QED) is 0.947. The van der Waals surface area contributed by atoms with Gasteiger partial charge >= 0.3 is 0 Å². The van der Waals surface area contributed by atoms with Crippen molar-refractivity contribution < 1.29 is 23.0 Å². The van der Waals surface area contributed by atoms with E-state index in [4.69, 9.17) is 9.47 Å². The van der Waals surface area contributed by atoms with Crippen LogP contribution in [0.1, 0.15) is 28.9 Å². The van der Waals surface area contributed by atoms with Crippen LogP contribution in [0.5, 0.6) is 11.5 Å². The van der Waals surface area contributed by atoms with Gasteiger partial charge in [-0.2, -0.15) is 0 Å². The highest BCUT2D eigenvalue weighted by atomic mass is 19.1. The van der Waals surface area contributed by atoms with Gasteiger partial charge < -0.3 is 14.8 Å². The number of nitrogens with one attached hydrogen (secondary N) is 1. The number of halogens is 2. The number of rotatable bonds is 3. The third kappa shape index (κ3) is 2.72. The Hall–Kier alpha value is -2.63. The van der Waals surface area contributed by atoms with E-state index in [1.807, 2.05) is 0 Å². The molecule has 1 atom stereocenters. The van der Waals surface area contributed by atoms with Gasteiger partial charge in [0.15, 0.2) is 11.5 Å². The van der Waals surface area contributed by atoms with Crippen molar-refractivity contribution in [3.05, 3.63) is 59.2 Å². The van der Waals surface area contributed by atoms with Gasteiger partial charge in [-0.05, 0) is 36.8 Å². The Kier molecular flexibility index (Phi) is 3.66. The van der Waals surface area contributed by atoms with Gasteiger partial charge in [0.1, 0.15) is 11.6 Å². The topological polar surface area (TPSA) is 47.6 Å². The first-order valence-electron chi connectivity index (χ1n) is 6.70. The molecular formula is C16H13F2NO3. The maximum atomic E-state index is 13.6. The fourth-order valence-electron chi connectivity index (χ4n) is 2.21. The van der Waals surface area contributed by atoms with Crippen LogP contribution in [0.15, 0.2) is 36.4 Å². The number of hydrogen-bond donors (Lipinski definition) is 1. The van der Waals surface area contributed by atoms with Gasteiger partial charge in [-0.1, -0.05) is 6.07 Å². The first kappa shape index (κ1) is 14.3. The summed E-state index contributed by atoms with van der Waals surface area (Å²) in [5, 5.41) is 2.67. The van der Waals surface area contributed by atoms with E-state index in [9.17, 15) is 13.6 Å². The lowest BCUT2D eigenvalue weighted by molar-refractivity contribution is 0.0935. The second-order valence-electron chi connectivity index (χ2n) is 4.93. The van der Waals surface area contributed by atoms with Gasteiger partial charge in [0, 0.05) is 6.07 Å².